The number of unbranched alkanes of at least 4 members (excludes halogenated alkanes) is 2. The zero-order valence-electron chi connectivity index (χ0n) is 10.3. The number of carbonyl (C=O) groups excluding carboxylic acids is 2. The SMILES string of the molecule is COC(=O)/C(=C\N1CCOC1=O)CCCCC#N. The fourth-order valence-electron chi connectivity index (χ4n) is 1.58. The van der Waals surface area contributed by atoms with Crippen LogP contribution in [0.25, 0.3) is 0 Å². The summed E-state index contributed by atoms with van der Waals surface area (Å²) in [7, 11) is 1.30. The van der Waals surface area contributed by atoms with Gasteiger partial charge in [0.25, 0.3) is 0 Å². The molecule has 0 aromatic rings. The molecule has 0 aliphatic carbocycles. The molecule has 0 aromatic carbocycles. The maximum Gasteiger partial charge on any atom is 0.413 e. The van der Waals surface area contributed by atoms with E-state index in [1.54, 1.807) is 0 Å². The molecule has 0 spiro atoms. The first-order chi connectivity index (χ1) is 8.69. The van der Waals surface area contributed by atoms with Crippen LogP contribution < -0.4 is 0 Å². The number of rotatable bonds is 6. The van der Waals surface area contributed by atoms with E-state index in [1.165, 1.54) is 18.2 Å². The number of nitrogens with zero attached hydrogens (tertiary/aromatic N) is 2. The Labute approximate surface area is 106 Å². The van der Waals surface area contributed by atoms with Gasteiger partial charge in [0.2, 0.25) is 0 Å². The molecule has 0 radical (unpaired) electrons. The van der Waals surface area contributed by atoms with Gasteiger partial charge in [0, 0.05) is 12.6 Å². The second kappa shape index (κ2) is 7.33. The highest BCUT2D eigenvalue weighted by atomic mass is 16.6. The molecule has 0 saturated carbocycles. The highest BCUT2D eigenvalue weighted by Gasteiger charge is 2.22. The van der Waals surface area contributed by atoms with Crippen molar-refractivity contribution in [2.75, 3.05) is 20.3 Å². The van der Waals surface area contributed by atoms with Gasteiger partial charge in [0.1, 0.15) is 6.61 Å². The fourth-order valence-corrected chi connectivity index (χ4v) is 1.58. The van der Waals surface area contributed by atoms with Crippen LogP contribution in [-0.4, -0.2) is 37.2 Å². The smallest absolute Gasteiger partial charge is 0.413 e. The first-order valence-electron chi connectivity index (χ1n) is 5.78. The highest BCUT2D eigenvalue weighted by Crippen LogP contribution is 2.14. The summed E-state index contributed by atoms with van der Waals surface area (Å²) < 4.78 is 9.43. The van der Waals surface area contributed by atoms with E-state index in [0.717, 1.165) is 6.42 Å². The van der Waals surface area contributed by atoms with Crippen molar-refractivity contribution in [2.24, 2.45) is 0 Å². The normalized spacial score (nSPS) is 15.2. The van der Waals surface area contributed by atoms with Gasteiger partial charge in [-0.15, -0.1) is 0 Å². The van der Waals surface area contributed by atoms with Crippen LogP contribution in [0, 0.1) is 11.3 Å². The van der Waals surface area contributed by atoms with Crippen molar-refractivity contribution in [3.05, 3.63) is 11.8 Å². The van der Waals surface area contributed by atoms with E-state index in [0.29, 0.717) is 38.0 Å². The van der Waals surface area contributed by atoms with E-state index in [2.05, 4.69) is 4.74 Å². The highest BCUT2D eigenvalue weighted by molar-refractivity contribution is 5.89. The number of amides is 1. The van der Waals surface area contributed by atoms with Crippen LogP contribution in [-0.2, 0) is 14.3 Å². The Kier molecular flexibility index (Phi) is 5.71. The molecule has 0 bridgehead atoms. The van der Waals surface area contributed by atoms with Gasteiger partial charge in [-0.1, -0.05) is 0 Å². The molecule has 6 nitrogen and oxygen atoms in total. The first-order valence-corrected chi connectivity index (χ1v) is 5.78. The molecule has 1 fully saturated rings. The average molecular weight is 252 g/mol. The van der Waals surface area contributed by atoms with Crippen LogP contribution in [0.4, 0.5) is 4.79 Å². The molecule has 0 atom stereocenters. The summed E-state index contributed by atoms with van der Waals surface area (Å²) in [5, 5.41) is 8.43. The second-order valence-electron chi connectivity index (χ2n) is 3.82. The lowest BCUT2D eigenvalue weighted by Crippen LogP contribution is -2.20. The Morgan fingerprint density at radius 3 is 2.94 bits per heavy atom. The lowest BCUT2D eigenvalue weighted by atomic mass is 10.1. The minimum Gasteiger partial charge on any atom is -0.466 e. The Balaban J connectivity index is 2.60. The topological polar surface area (TPSA) is 79.6 Å². The number of nitriles is 1. The van der Waals surface area contributed by atoms with E-state index >= 15 is 0 Å². The minimum absolute atomic E-state index is 0.332. The zero-order chi connectivity index (χ0) is 13.4. The molecule has 0 unspecified atom stereocenters. The molecule has 1 aliphatic heterocycles. The van der Waals surface area contributed by atoms with Crippen LogP contribution in [0.5, 0.6) is 0 Å². The third kappa shape index (κ3) is 4.09. The molecule has 1 aliphatic rings. The average Bonchev–Trinajstić information content (AvgIpc) is 2.78. The molecular weight excluding hydrogens is 236 g/mol. The van der Waals surface area contributed by atoms with Crippen LogP contribution in [0.15, 0.2) is 11.8 Å². The largest absolute Gasteiger partial charge is 0.466 e. The monoisotopic (exact) mass is 252 g/mol. The number of methoxy groups -OCH3 is 1. The second-order valence-corrected chi connectivity index (χ2v) is 3.82. The minimum atomic E-state index is -0.452. The zero-order valence-corrected chi connectivity index (χ0v) is 10.3. The fraction of sp³-hybridized carbons (Fsp3) is 0.583. The van der Waals surface area contributed by atoms with E-state index < -0.39 is 12.1 Å². The van der Waals surface area contributed by atoms with Gasteiger partial charge in [-0.25, -0.2) is 9.59 Å². The summed E-state index contributed by atoms with van der Waals surface area (Å²) in [5.74, 6) is -0.452. The predicted octanol–water partition coefficient (Wildman–Crippen LogP) is 1.58. The number of cyclic esters (lactones) is 1. The molecular formula is C12H16N2O4. The van der Waals surface area contributed by atoms with Crippen LogP contribution in [0.3, 0.4) is 0 Å². The van der Waals surface area contributed by atoms with E-state index in [1.807, 2.05) is 6.07 Å². The Hall–Kier alpha value is -2.03. The quantitative estimate of drug-likeness (QED) is 0.407. The van der Waals surface area contributed by atoms with E-state index in [4.69, 9.17) is 10.00 Å². The van der Waals surface area contributed by atoms with Gasteiger partial charge in [0.05, 0.1) is 25.3 Å². The summed E-state index contributed by atoms with van der Waals surface area (Å²) in [5.41, 5.74) is 0.425. The number of esters is 1. The van der Waals surface area contributed by atoms with Crippen molar-refractivity contribution in [1.82, 2.24) is 4.90 Å². The lowest BCUT2D eigenvalue weighted by molar-refractivity contribution is -0.136. The van der Waals surface area contributed by atoms with Crippen molar-refractivity contribution < 1.29 is 19.1 Å². The van der Waals surface area contributed by atoms with Gasteiger partial charge < -0.3 is 9.47 Å². The summed E-state index contributed by atoms with van der Waals surface area (Å²) in [6, 6.07) is 2.04. The van der Waals surface area contributed by atoms with E-state index in [-0.39, 0.29) is 0 Å². The number of hydrogen-bond donors (Lipinski definition) is 0. The molecule has 1 saturated heterocycles. The van der Waals surface area contributed by atoms with Crippen LogP contribution in [0.1, 0.15) is 25.7 Å². The van der Waals surface area contributed by atoms with Gasteiger partial charge in [-0.3, -0.25) is 4.90 Å². The molecule has 1 rings (SSSR count). The Morgan fingerprint density at radius 2 is 2.39 bits per heavy atom. The maximum absolute atomic E-state index is 11.5. The van der Waals surface area contributed by atoms with E-state index in [9.17, 15) is 9.59 Å². The lowest BCUT2D eigenvalue weighted by Gasteiger charge is -2.10. The standard InChI is InChI=1S/C12H16N2O4/c1-17-11(15)10(5-3-2-4-6-13)9-14-7-8-18-12(14)16/h9H,2-5,7-8H2,1H3/b10-9-. The molecule has 1 heterocycles. The molecule has 0 aromatic heterocycles. The van der Waals surface area contributed by atoms with Crippen LogP contribution in [0.2, 0.25) is 0 Å². The third-order valence-electron chi connectivity index (χ3n) is 2.54. The van der Waals surface area contributed by atoms with Crippen molar-refractivity contribution in [2.45, 2.75) is 25.7 Å². The van der Waals surface area contributed by atoms with Crippen molar-refractivity contribution in [3.8, 4) is 6.07 Å². The summed E-state index contributed by atoms with van der Waals surface area (Å²) in [6.07, 6.45) is 3.40. The Morgan fingerprint density at radius 1 is 1.61 bits per heavy atom. The summed E-state index contributed by atoms with van der Waals surface area (Å²) in [6.45, 7) is 0.774. The van der Waals surface area contributed by atoms with Crippen molar-refractivity contribution in [3.63, 3.8) is 0 Å². The molecule has 1 amide bonds. The first kappa shape index (κ1) is 14.0. The van der Waals surface area contributed by atoms with Gasteiger partial charge in [-0.05, 0) is 19.3 Å². The molecule has 98 valence electrons. The van der Waals surface area contributed by atoms with Gasteiger partial charge in [0.15, 0.2) is 0 Å². The van der Waals surface area contributed by atoms with Gasteiger partial charge in [-0.2, -0.15) is 5.26 Å². The van der Waals surface area contributed by atoms with Crippen LogP contribution >= 0.6 is 0 Å². The number of hydrogen-bond acceptors (Lipinski definition) is 5. The summed E-state index contributed by atoms with van der Waals surface area (Å²) >= 11 is 0. The van der Waals surface area contributed by atoms with Gasteiger partial charge >= 0.3 is 12.1 Å². The Bertz CT molecular complexity index is 384. The predicted molar refractivity (Wildman–Crippen MR) is 62.2 cm³/mol. The van der Waals surface area contributed by atoms with Crippen molar-refractivity contribution in [1.29, 1.82) is 5.26 Å². The molecule has 6 heteroatoms. The summed E-state index contributed by atoms with van der Waals surface area (Å²) in [4.78, 5) is 24.2. The molecule has 18 heavy (non-hydrogen) atoms. The molecule has 0 N–H and O–H groups in total. The number of ether oxygens (including phenoxy) is 2. The van der Waals surface area contributed by atoms with Crippen molar-refractivity contribution >= 4 is 12.1 Å². The third-order valence-corrected chi connectivity index (χ3v) is 2.54. The number of carbonyl (C=O) groups is 2. The maximum atomic E-state index is 11.5.